The number of nitrogens with zero attached hydrogens (tertiary/aromatic N) is 2. The lowest BCUT2D eigenvalue weighted by Gasteiger charge is -2.07. The van der Waals surface area contributed by atoms with E-state index in [-0.39, 0.29) is 0 Å². The summed E-state index contributed by atoms with van der Waals surface area (Å²) in [4.78, 5) is 7.64. The van der Waals surface area contributed by atoms with E-state index in [1.165, 1.54) is 10.9 Å². The van der Waals surface area contributed by atoms with E-state index in [9.17, 15) is 0 Å². The van der Waals surface area contributed by atoms with E-state index in [0.29, 0.717) is 0 Å². The van der Waals surface area contributed by atoms with Gasteiger partial charge >= 0.3 is 0 Å². The molecule has 3 nitrogen and oxygen atoms in total. The average Bonchev–Trinajstić information content (AvgIpc) is 3.17. The first-order chi connectivity index (χ1) is 10.8. The third kappa shape index (κ3) is 2.20. The molecule has 4 aromatic rings. The molecule has 2 heterocycles. The van der Waals surface area contributed by atoms with Gasteiger partial charge in [-0.05, 0) is 12.1 Å². The van der Waals surface area contributed by atoms with Crippen molar-refractivity contribution in [3.05, 3.63) is 77.8 Å². The third-order valence-electron chi connectivity index (χ3n) is 3.86. The summed E-state index contributed by atoms with van der Waals surface area (Å²) in [6.45, 7) is 0.755. The van der Waals surface area contributed by atoms with Gasteiger partial charge in [0.1, 0.15) is 0 Å². The number of rotatable bonds is 3. The Morgan fingerprint density at radius 1 is 1.05 bits per heavy atom. The number of hydrogen-bond donors (Lipinski definition) is 1. The van der Waals surface area contributed by atoms with Crippen molar-refractivity contribution in [3.63, 3.8) is 0 Å². The molecule has 108 valence electrons. The normalized spacial score (nSPS) is 11.1. The Balaban J connectivity index is 1.95. The standard InChI is InChI=1S/C18H14ClN3/c19-16-7-3-1-6-14(16)18-15(11-22-10-9-20-12-22)13-5-2-4-8-17(13)21-18/h1-10,12,21H,11H2. The predicted octanol–water partition coefficient (Wildman–Crippen LogP) is 4.73. The van der Waals surface area contributed by atoms with Gasteiger partial charge in [0.05, 0.1) is 18.6 Å². The maximum absolute atomic E-state index is 6.40. The zero-order valence-electron chi connectivity index (χ0n) is 11.8. The van der Waals surface area contributed by atoms with E-state index >= 15 is 0 Å². The maximum Gasteiger partial charge on any atom is 0.0949 e. The van der Waals surface area contributed by atoms with Crippen LogP contribution in [-0.2, 0) is 6.54 Å². The molecule has 0 saturated carbocycles. The molecule has 1 N–H and O–H groups in total. The summed E-state index contributed by atoms with van der Waals surface area (Å²) in [7, 11) is 0. The molecule has 0 amide bonds. The highest BCUT2D eigenvalue weighted by Crippen LogP contribution is 2.34. The number of aromatic nitrogens is 3. The number of halogens is 1. The van der Waals surface area contributed by atoms with Gasteiger partial charge in [0, 0.05) is 39.4 Å². The molecule has 2 aromatic carbocycles. The molecule has 4 rings (SSSR count). The second-order valence-corrected chi connectivity index (χ2v) is 5.65. The minimum absolute atomic E-state index is 0.751. The van der Waals surface area contributed by atoms with Crippen LogP contribution in [-0.4, -0.2) is 14.5 Å². The van der Waals surface area contributed by atoms with Crippen LogP contribution in [0.25, 0.3) is 22.2 Å². The van der Waals surface area contributed by atoms with Crippen LogP contribution in [0.1, 0.15) is 5.56 Å². The number of benzene rings is 2. The number of H-pyrrole nitrogens is 1. The predicted molar refractivity (Wildman–Crippen MR) is 90.1 cm³/mol. The first kappa shape index (κ1) is 13.2. The van der Waals surface area contributed by atoms with Crippen LogP contribution in [0.4, 0.5) is 0 Å². The first-order valence-electron chi connectivity index (χ1n) is 7.13. The number of fused-ring (bicyclic) bond motifs is 1. The first-order valence-corrected chi connectivity index (χ1v) is 7.51. The molecule has 0 fully saturated rings. The number of aromatic amines is 1. The van der Waals surface area contributed by atoms with Crippen molar-refractivity contribution in [2.75, 3.05) is 0 Å². The highest BCUT2D eigenvalue weighted by Gasteiger charge is 2.15. The molecule has 0 unspecified atom stereocenters. The summed E-state index contributed by atoms with van der Waals surface area (Å²) in [6.07, 6.45) is 5.60. The Labute approximate surface area is 133 Å². The Kier molecular flexibility index (Phi) is 3.20. The Bertz CT molecular complexity index is 923. The molecule has 4 heteroatoms. The minimum Gasteiger partial charge on any atom is -0.354 e. The van der Waals surface area contributed by atoms with E-state index in [1.807, 2.05) is 42.9 Å². The molecule has 0 aliphatic rings. The maximum atomic E-state index is 6.40. The highest BCUT2D eigenvalue weighted by molar-refractivity contribution is 6.33. The van der Waals surface area contributed by atoms with Crippen molar-refractivity contribution in [2.45, 2.75) is 6.54 Å². The molecule has 0 saturated heterocycles. The van der Waals surface area contributed by atoms with E-state index in [4.69, 9.17) is 11.6 Å². The van der Waals surface area contributed by atoms with Crippen molar-refractivity contribution < 1.29 is 0 Å². The van der Waals surface area contributed by atoms with Crippen molar-refractivity contribution in [3.8, 4) is 11.3 Å². The van der Waals surface area contributed by atoms with Crippen molar-refractivity contribution in [1.29, 1.82) is 0 Å². The minimum atomic E-state index is 0.751. The van der Waals surface area contributed by atoms with Crippen LogP contribution in [0.3, 0.4) is 0 Å². The molecular formula is C18H14ClN3. The topological polar surface area (TPSA) is 33.6 Å². The van der Waals surface area contributed by atoms with Crippen molar-refractivity contribution in [2.24, 2.45) is 0 Å². The quantitative estimate of drug-likeness (QED) is 0.583. The fourth-order valence-electron chi connectivity index (χ4n) is 2.82. The van der Waals surface area contributed by atoms with E-state index in [1.54, 1.807) is 6.20 Å². The smallest absolute Gasteiger partial charge is 0.0949 e. The second-order valence-electron chi connectivity index (χ2n) is 5.24. The number of para-hydroxylation sites is 1. The average molecular weight is 308 g/mol. The van der Waals surface area contributed by atoms with Gasteiger partial charge < -0.3 is 9.55 Å². The zero-order chi connectivity index (χ0) is 14.9. The number of hydrogen-bond acceptors (Lipinski definition) is 1. The van der Waals surface area contributed by atoms with Gasteiger partial charge in [0.2, 0.25) is 0 Å². The summed E-state index contributed by atoms with van der Waals surface area (Å²) in [6, 6.07) is 16.2. The van der Waals surface area contributed by atoms with Crippen LogP contribution >= 0.6 is 11.6 Å². The fourth-order valence-corrected chi connectivity index (χ4v) is 3.05. The van der Waals surface area contributed by atoms with Crippen molar-refractivity contribution >= 4 is 22.5 Å². The SMILES string of the molecule is Clc1ccccc1-c1[nH]c2ccccc2c1Cn1ccnc1. The summed E-state index contributed by atoms with van der Waals surface area (Å²) in [5.41, 5.74) is 4.44. The van der Waals surface area contributed by atoms with Gasteiger partial charge in [-0.3, -0.25) is 0 Å². The summed E-state index contributed by atoms with van der Waals surface area (Å²) >= 11 is 6.40. The van der Waals surface area contributed by atoms with Gasteiger partial charge in [-0.2, -0.15) is 0 Å². The summed E-state index contributed by atoms with van der Waals surface area (Å²) in [5, 5.41) is 1.96. The molecule has 0 aliphatic heterocycles. The lowest BCUT2D eigenvalue weighted by atomic mass is 10.1. The van der Waals surface area contributed by atoms with Gasteiger partial charge in [0.25, 0.3) is 0 Å². The van der Waals surface area contributed by atoms with E-state index in [0.717, 1.165) is 28.3 Å². The molecule has 0 atom stereocenters. The van der Waals surface area contributed by atoms with Gasteiger partial charge in [-0.15, -0.1) is 0 Å². The molecule has 0 bridgehead atoms. The molecule has 2 aromatic heterocycles. The van der Waals surface area contributed by atoms with Crippen molar-refractivity contribution in [1.82, 2.24) is 14.5 Å². The van der Waals surface area contributed by atoms with Crippen LogP contribution in [0.2, 0.25) is 5.02 Å². The van der Waals surface area contributed by atoms with Gasteiger partial charge in [0.15, 0.2) is 0 Å². The fraction of sp³-hybridized carbons (Fsp3) is 0.0556. The van der Waals surface area contributed by atoms with Crippen LogP contribution in [0.15, 0.2) is 67.3 Å². The molecular weight excluding hydrogens is 294 g/mol. The molecule has 0 aliphatic carbocycles. The summed E-state index contributed by atoms with van der Waals surface area (Å²) in [5.74, 6) is 0. The third-order valence-corrected chi connectivity index (χ3v) is 4.19. The lowest BCUT2D eigenvalue weighted by molar-refractivity contribution is 0.804. The van der Waals surface area contributed by atoms with Gasteiger partial charge in [-0.1, -0.05) is 48.0 Å². The Hall–Kier alpha value is -2.52. The summed E-state index contributed by atoms with van der Waals surface area (Å²) < 4.78 is 2.07. The molecule has 0 radical (unpaired) electrons. The molecule has 0 spiro atoms. The van der Waals surface area contributed by atoms with E-state index in [2.05, 4.69) is 32.7 Å². The Morgan fingerprint density at radius 3 is 2.68 bits per heavy atom. The second kappa shape index (κ2) is 5.35. The number of nitrogens with one attached hydrogen (secondary N) is 1. The number of imidazole rings is 1. The molecule has 22 heavy (non-hydrogen) atoms. The van der Waals surface area contributed by atoms with Crippen LogP contribution in [0, 0.1) is 0 Å². The van der Waals surface area contributed by atoms with E-state index < -0.39 is 0 Å². The van der Waals surface area contributed by atoms with Crippen LogP contribution in [0.5, 0.6) is 0 Å². The van der Waals surface area contributed by atoms with Gasteiger partial charge in [-0.25, -0.2) is 4.98 Å². The lowest BCUT2D eigenvalue weighted by Crippen LogP contribution is -1.97. The monoisotopic (exact) mass is 307 g/mol. The highest BCUT2D eigenvalue weighted by atomic mass is 35.5. The van der Waals surface area contributed by atoms with Crippen LogP contribution < -0.4 is 0 Å². The zero-order valence-corrected chi connectivity index (χ0v) is 12.6. The Morgan fingerprint density at radius 2 is 1.86 bits per heavy atom. The largest absolute Gasteiger partial charge is 0.354 e.